The molecule has 0 radical (unpaired) electrons. The van der Waals surface area contributed by atoms with Crippen LogP contribution in [0.3, 0.4) is 0 Å². The Hall–Kier alpha value is -1.92. The zero-order valence-electron chi connectivity index (χ0n) is 13.9. The minimum absolute atomic E-state index is 0.0749. The Morgan fingerprint density at radius 2 is 1.64 bits per heavy atom. The molecular formula is C19H22FNO3S. The fourth-order valence-corrected chi connectivity index (χ4v) is 4.22. The van der Waals surface area contributed by atoms with Gasteiger partial charge >= 0.3 is 0 Å². The molecule has 0 amide bonds. The number of nitrogens with one attached hydrogen (secondary N) is 1. The Morgan fingerprint density at radius 1 is 1.00 bits per heavy atom. The molecule has 1 unspecified atom stereocenters. The molecular weight excluding hydrogens is 341 g/mol. The molecule has 0 spiro atoms. The van der Waals surface area contributed by atoms with Crippen LogP contribution in [-0.2, 0) is 9.84 Å². The zero-order valence-corrected chi connectivity index (χ0v) is 14.8. The molecule has 2 aromatic rings. The summed E-state index contributed by atoms with van der Waals surface area (Å²) in [6.45, 7) is 1.67. The monoisotopic (exact) mass is 363 g/mol. The predicted molar refractivity (Wildman–Crippen MR) is 94.0 cm³/mol. The van der Waals surface area contributed by atoms with Crippen molar-refractivity contribution in [3.8, 4) is 5.75 Å². The van der Waals surface area contributed by atoms with Crippen LogP contribution in [-0.4, -0.2) is 27.6 Å². The van der Waals surface area contributed by atoms with Crippen LogP contribution in [0, 0.1) is 5.82 Å². The van der Waals surface area contributed by atoms with Gasteiger partial charge in [0.25, 0.3) is 0 Å². The first kappa shape index (κ1) is 17.9. The van der Waals surface area contributed by atoms with Gasteiger partial charge in [-0.05, 0) is 74.3 Å². The Kier molecular flexibility index (Phi) is 5.71. The first-order chi connectivity index (χ1) is 12.1. The lowest BCUT2D eigenvalue weighted by Crippen LogP contribution is -2.35. The van der Waals surface area contributed by atoms with Crippen LogP contribution in [0.2, 0.25) is 0 Å². The maximum Gasteiger partial charge on any atom is 0.206 e. The van der Waals surface area contributed by atoms with Crippen LogP contribution in [0.1, 0.15) is 25.7 Å². The van der Waals surface area contributed by atoms with Crippen LogP contribution in [0.15, 0.2) is 58.3 Å². The van der Waals surface area contributed by atoms with E-state index < -0.39 is 15.7 Å². The van der Waals surface area contributed by atoms with Gasteiger partial charge in [0.1, 0.15) is 11.6 Å². The maximum absolute atomic E-state index is 13.0. The normalized spacial score (nSPS) is 18.0. The van der Waals surface area contributed by atoms with Crippen LogP contribution in [0.4, 0.5) is 4.39 Å². The van der Waals surface area contributed by atoms with Gasteiger partial charge in [-0.3, -0.25) is 0 Å². The van der Waals surface area contributed by atoms with E-state index in [1.165, 1.54) is 43.5 Å². The molecule has 3 rings (SSSR count). The van der Waals surface area contributed by atoms with E-state index in [1.54, 1.807) is 12.1 Å². The summed E-state index contributed by atoms with van der Waals surface area (Å²) < 4.78 is 43.7. The van der Waals surface area contributed by atoms with Crippen molar-refractivity contribution in [3.05, 3.63) is 54.3 Å². The second-order valence-electron chi connectivity index (χ2n) is 6.21. The van der Waals surface area contributed by atoms with Crippen LogP contribution >= 0.6 is 0 Å². The smallest absolute Gasteiger partial charge is 0.206 e. The lowest BCUT2D eigenvalue weighted by molar-refractivity contribution is 0.268. The number of halogens is 1. The quantitative estimate of drug-likeness (QED) is 0.797. The molecule has 1 saturated heterocycles. The predicted octanol–water partition coefficient (Wildman–Crippen LogP) is 3.57. The first-order valence-corrected chi connectivity index (χ1v) is 10.0. The van der Waals surface area contributed by atoms with Gasteiger partial charge in [0.05, 0.1) is 16.4 Å². The molecule has 1 aliphatic rings. The average molecular weight is 363 g/mol. The Balaban J connectivity index is 1.60. The summed E-state index contributed by atoms with van der Waals surface area (Å²) in [6.07, 6.45) is 4.61. The molecule has 25 heavy (non-hydrogen) atoms. The third kappa shape index (κ3) is 4.58. The fraction of sp³-hybridized carbons (Fsp3) is 0.368. The van der Waals surface area contributed by atoms with Gasteiger partial charge in [0, 0.05) is 6.04 Å². The minimum Gasteiger partial charge on any atom is -0.494 e. The van der Waals surface area contributed by atoms with Crippen LogP contribution in [0.25, 0.3) is 0 Å². The highest BCUT2D eigenvalue weighted by Gasteiger charge is 2.17. The molecule has 0 aliphatic carbocycles. The lowest BCUT2D eigenvalue weighted by atomic mass is 10.0. The summed E-state index contributed by atoms with van der Waals surface area (Å²) in [6, 6.07) is 11.7. The number of ether oxygens (including phenoxy) is 1. The summed E-state index contributed by atoms with van der Waals surface area (Å²) in [5, 5.41) is 3.47. The second-order valence-corrected chi connectivity index (χ2v) is 8.16. The van der Waals surface area contributed by atoms with E-state index in [9.17, 15) is 12.8 Å². The van der Waals surface area contributed by atoms with Crippen molar-refractivity contribution in [2.45, 2.75) is 41.5 Å². The van der Waals surface area contributed by atoms with Crippen molar-refractivity contribution in [1.82, 2.24) is 5.32 Å². The summed E-state index contributed by atoms with van der Waals surface area (Å²) >= 11 is 0. The number of sulfone groups is 1. The van der Waals surface area contributed by atoms with Gasteiger partial charge in [-0.25, -0.2) is 12.8 Å². The molecule has 0 saturated carbocycles. The third-order valence-electron chi connectivity index (χ3n) is 4.41. The van der Waals surface area contributed by atoms with Crippen molar-refractivity contribution in [2.24, 2.45) is 0 Å². The van der Waals surface area contributed by atoms with Crippen molar-refractivity contribution in [3.63, 3.8) is 0 Å². The molecule has 0 aromatic heterocycles. The number of benzene rings is 2. The van der Waals surface area contributed by atoms with Gasteiger partial charge in [0.15, 0.2) is 0 Å². The van der Waals surface area contributed by atoms with Gasteiger partial charge in [0.2, 0.25) is 9.84 Å². The highest BCUT2D eigenvalue weighted by Crippen LogP contribution is 2.23. The van der Waals surface area contributed by atoms with E-state index in [-0.39, 0.29) is 9.79 Å². The Morgan fingerprint density at radius 3 is 2.24 bits per heavy atom. The Bertz CT molecular complexity index is 782. The second kappa shape index (κ2) is 7.97. The molecule has 1 atom stereocenters. The molecule has 2 aromatic carbocycles. The summed E-state index contributed by atoms with van der Waals surface area (Å²) in [4.78, 5) is 0.242. The number of rotatable bonds is 6. The molecule has 134 valence electrons. The van der Waals surface area contributed by atoms with E-state index in [0.29, 0.717) is 18.4 Å². The lowest BCUT2D eigenvalue weighted by Gasteiger charge is -2.23. The molecule has 1 fully saturated rings. The molecule has 4 nitrogen and oxygen atoms in total. The standard InChI is InChI=1S/C19H22FNO3S/c20-15-4-8-18(9-5-15)25(22,23)19-10-6-17(7-11-19)24-14-12-16-3-1-2-13-21-16/h4-11,16,21H,1-3,12-14H2. The topological polar surface area (TPSA) is 55.4 Å². The largest absolute Gasteiger partial charge is 0.494 e. The maximum atomic E-state index is 13.0. The van der Waals surface area contributed by atoms with E-state index in [0.717, 1.165) is 25.1 Å². The molecule has 1 aliphatic heterocycles. The molecule has 6 heteroatoms. The first-order valence-electron chi connectivity index (χ1n) is 8.52. The van der Waals surface area contributed by atoms with Crippen LogP contribution in [0.5, 0.6) is 5.75 Å². The van der Waals surface area contributed by atoms with Crippen molar-refractivity contribution in [1.29, 1.82) is 0 Å². The minimum atomic E-state index is -3.64. The van der Waals surface area contributed by atoms with Gasteiger partial charge in [-0.1, -0.05) is 6.42 Å². The van der Waals surface area contributed by atoms with Crippen LogP contribution < -0.4 is 10.1 Å². The zero-order chi connectivity index (χ0) is 17.7. The summed E-state index contributed by atoms with van der Waals surface area (Å²) in [5.74, 6) is 0.184. The number of piperidine rings is 1. The Labute approximate surface area is 147 Å². The highest BCUT2D eigenvalue weighted by molar-refractivity contribution is 7.91. The third-order valence-corrected chi connectivity index (χ3v) is 6.19. The van der Waals surface area contributed by atoms with Crippen molar-refractivity contribution in [2.75, 3.05) is 13.2 Å². The number of hydrogen-bond acceptors (Lipinski definition) is 4. The molecule has 1 N–H and O–H groups in total. The van der Waals surface area contributed by atoms with E-state index in [1.807, 2.05) is 0 Å². The highest BCUT2D eigenvalue weighted by atomic mass is 32.2. The fourth-order valence-electron chi connectivity index (χ4n) is 2.95. The number of hydrogen-bond donors (Lipinski definition) is 1. The van der Waals surface area contributed by atoms with E-state index in [4.69, 9.17) is 4.74 Å². The van der Waals surface area contributed by atoms with E-state index >= 15 is 0 Å². The summed E-state index contributed by atoms with van der Waals surface area (Å²) in [7, 11) is -3.64. The molecule has 1 heterocycles. The van der Waals surface area contributed by atoms with Crippen molar-refractivity contribution < 1.29 is 17.5 Å². The van der Waals surface area contributed by atoms with Gasteiger partial charge < -0.3 is 10.1 Å². The molecule has 0 bridgehead atoms. The SMILES string of the molecule is O=S(=O)(c1ccc(F)cc1)c1ccc(OCCC2CCCCN2)cc1. The van der Waals surface area contributed by atoms with Gasteiger partial charge in [-0.2, -0.15) is 0 Å². The average Bonchev–Trinajstić information content (AvgIpc) is 2.63. The van der Waals surface area contributed by atoms with E-state index in [2.05, 4.69) is 5.32 Å². The van der Waals surface area contributed by atoms with Crippen molar-refractivity contribution >= 4 is 9.84 Å². The summed E-state index contributed by atoms with van der Waals surface area (Å²) in [5.41, 5.74) is 0. The van der Waals surface area contributed by atoms with Gasteiger partial charge in [-0.15, -0.1) is 0 Å².